The first kappa shape index (κ1) is 15.3. The van der Waals surface area contributed by atoms with Gasteiger partial charge in [-0.2, -0.15) is 0 Å². The van der Waals surface area contributed by atoms with Gasteiger partial charge in [-0.15, -0.1) is 0 Å². The second-order valence-corrected chi connectivity index (χ2v) is 6.02. The van der Waals surface area contributed by atoms with Gasteiger partial charge in [-0.3, -0.25) is 4.90 Å². The molecular weight excluding hydrogens is 248 g/mol. The van der Waals surface area contributed by atoms with Gasteiger partial charge in [0.1, 0.15) is 12.4 Å². The molecule has 1 aliphatic rings. The standard InChI is InChI=1S/C17H28N2O/c1-14(2)17-4-3-11-19(17)12-13-20-16-7-5-15(6-8-16)9-10-18/h5-8,14,17H,3-4,9-13,18H2,1-2H3. The number of nitrogens with two attached hydrogens (primary N) is 1. The number of rotatable bonds is 7. The third-order valence-corrected chi connectivity index (χ3v) is 4.19. The molecule has 0 aromatic heterocycles. The average Bonchev–Trinajstić information content (AvgIpc) is 2.90. The third-order valence-electron chi connectivity index (χ3n) is 4.19. The number of hydrogen-bond donors (Lipinski definition) is 1. The molecular formula is C17H28N2O. The molecule has 1 heterocycles. The molecule has 0 bridgehead atoms. The van der Waals surface area contributed by atoms with Crippen molar-refractivity contribution in [2.24, 2.45) is 11.7 Å². The number of nitrogens with zero attached hydrogens (tertiary/aromatic N) is 1. The smallest absolute Gasteiger partial charge is 0.119 e. The van der Waals surface area contributed by atoms with Gasteiger partial charge in [0, 0.05) is 12.6 Å². The molecule has 1 saturated heterocycles. The Balaban J connectivity index is 1.75. The highest BCUT2D eigenvalue weighted by Crippen LogP contribution is 2.23. The van der Waals surface area contributed by atoms with E-state index in [-0.39, 0.29) is 0 Å². The molecule has 1 atom stereocenters. The molecule has 0 radical (unpaired) electrons. The van der Waals surface area contributed by atoms with Crippen LogP contribution in [0.25, 0.3) is 0 Å². The first-order valence-electron chi connectivity index (χ1n) is 7.86. The van der Waals surface area contributed by atoms with Crippen LogP contribution in [0.5, 0.6) is 5.75 Å². The predicted molar refractivity (Wildman–Crippen MR) is 84.1 cm³/mol. The zero-order valence-electron chi connectivity index (χ0n) is 12.8. The Kier molecular flexibility index (Phi) is 5.86. The van der Waals surface area contributed by atoms with Crippen LogP contribution in [-0.4, -0.2) is 37.2 Å². The van der Waals surface area contributed by atoms with Gasteiger partial charge < -0.3 is 10.5 Å². The summed E-state index contributed by atoms with van der Waals surface area (Å²) in [6, 6.07) is 9.05. The lowest BCUT2D eigenvalue weighted by atomic mass is 10.0. The fourth-order valence-electron chi connectivity index (χ4n) is 3.08. The topological polar surface area (TPSA) is 38.5 Å². The first-order valence-corrected chi connectivity index (χ1v) is 7.86. The van der Waals surface area contributed by atoms with E-state index in [1.165, 1.54) is 24.9 Å². The van der Waals surface area contributed by atoms with E-state index in [0.29, 0.717) is 6.54 Å². The number of likely N-dealkylation sites (tertiary alicyclic amines) is 1. The summed E-state index contributed by atoms with van der Waals surface area (Å²) in [5.74, 6) is 1.71. The fraction of sp³-hybridized carbons (Fsp3) is 0.647. The van der Waals surface area contributed by atoms with Crippen LogP contribution in [-0.2, 0) is 6.42 Å². The highest BCUT2D eigenvalue weighted by molar-refractivity contribution is 5.27. The maximum Gasteiger partial charge on any atom is 0.119 e. The van der Waals surface area contributed by atoms with Gasteiger partial charge >= 0.3 is 0 Å². The van der Waals surface area contributed by atoms with Gasteiger partial charge in [0.15, 0.2) is 0 Å². The van der Waals surface area contributed by atoms with Gasteiger partial charge in [-0.1, -0.05) is 26.0 Å². The van der Waals surface area contributed by atoms with Crippen LogP contribution < -0.4 is 10.5 Å². The Bertz CT molecular complexity index is 388. The van der Waals surface area contributed by atoms with Crippen molar-refractivity contribution in [1.82, 2.24) is 4.90 Å². The van der Waals surface area contributed by atoms with E-state index in [9.17, 15) is 0 Å². The molecule has 1 aromatic carbocycles. The molecule has 20 heavy (non-hydrogen) atoms. The highest BCUT2D eigenvalue weighted by atomic mass is 16.5. The molecule has 0 aliphatic carbocycles. The maximum absolute atomic E-state index is 5.86. The van der Waals surface area contributed by atoms with Crippen LogP contribution in [0.2, 0.25) is 0 Å². The minimum atomic E-state index is 0.700. The van der Waals surface area contributed by atoms with Crippen molar-refractivity contribution in [2.75, 3.05) is 26.2 Å². The minimum absolute atomic E-state index is 0.700. The largest absolute Gasteiger partial charge is 0.492 e. The van der Waals surface area contributed by atoms with Gasteiger partial charge in [0.05, 0.1) is 0 Å². The van der Waals surface area contributed by atoms with Gasteiger partial charge in [0.25, 0.3) is 0 Å². The predicted octanol–water partition coefficient (Wildman–Crippen LogP) is 2.69. The molecule has 1 aliphatic heterocycles. The van der Waals surface area contributed by atoms with E-state index in [1.54, 1.807) is 0 Å². The second kappa shape index (κ2) is 7.65. The molecule has 112 valence electrons. The van der Waals surface area contributed by atoms with E-state index < -0.39 is 0 Å². The van der Waals surface area contributed by atoms with Crippen LogP contribution in [0.3, 0.4) is 0 Å². The van der Waals surface area contributed by atoms with Crippen molar-refractivity contribution in [3.63, 3.8) is 0 Å². The minimum Gasteiger partial charge on any atom is -0.492 e. The average molecular weight is 276 g/mol. The number of benzene rings is 1. The van der Waals surface area contributed by atoms with Crippen molar-refractivity contribution >= 4 is 0 Å². The molecule has 2 rings (SSSR count). The number of hydrogen-bond acceptors (Lipinski definition) is 3. The van der Waals surface area contributed by atoms with E-state index in [0.717, 1.165) is 37.3 Å². The molecule has 0 saturated carbocycles. The molecule has 2 N–H and O–H groups in total. The van der Waals surface area contributed by atoms with Crippen molar-refractivity contribution in [3.05, 3.63) is 29.8 Å². The van der Waals surface area contributed by atoms with Crippen LogP contribution >= 0.6 is 0 Å². The lowest BCUT2D eigenvalue weighted by Crippen LogP contribution is -2.36. The van der Waals surface area contributed by atoms with Gasteiger partial charge in [-0.05, 0) is 56.0 Å². The third kappa shape index (κ3) is 4.22. The van der Waals surface area contributed by atoms with Crippen molar-refractivity contribution in [1.29, 1.82) is 0 Å². The summed E-state index contributed by atoms with van der Waals surface area (Å²) in [6.45, 7) is 8.38. The maximum atomic E-state index is 5.86. The first-order chi connectivity index (χ1) is 9.70. The normalized spacial score (nSPS) is 19.7. The monoisotopic (exact) mass is 276 g/mol. The Hall–Kier alpha value is -1.06. The fourth-order valence-corrected chi connectivity index (χ4v) is 3.08. The van der Waals surface area contributed by atoms with E-state index in [1.807, 2.05) is 0 Å². The molecule has 1 aromatic rings. The van der Waals surface area contributed by atoms with Crippen LogP contribution in [0, 0.1) is 5.92 Å². The summed E-state index contributed by atoms with van der Waals surface area (Å²) in [4.78, 5) is 2.58. The van der Waals surface area contributed by atoms with Crippen LogP contribution in [0.15, 0.2) is 24.3 Å². The second-order valence-electron chi connectivity index (χ2n) is 6.02. The Morgan fingerprint density at radius 3 is 2.70 bits per heavy atom. The van der Waals surface area contributed by atoms with Crippen molar-refractivity contribution in [2.45, 2.75) is 39.2 Å². The Morgan fingerprint density at radius 2 is 2.05 bits per heavy atom. The Labute approximate surface area is 123 Å². The van der Waals surface area contributed by atoms with Gasteiger partial charge in [0.2, 0.25) is 0 Å². The lowest BCUT2D eigenvalue weighted by Gasteiger charge is -2.27. The lowest BCUT2D eigenvalue weighted by molar-refractivity contribution is 0.168. The number of ether oxygens (including phenoxy) is 1. The van der Waals surface area contributed by atoms with E-state index >= 15 is 0 Å². The Morgan fingerprint density at radius 1 is 1.30 bits per heavy atom. The highest BCUT2D eigenvalue weighted by Gasteiger charge is 2.26. The SMILES string of the molecule is CC(C)C1CCCN1CCOc1ccc(CCN)cc1. The van der Waals surface area contributed by atoms with Crippen molar-refractivity contribution < 1.29 is 4.74 Å². The summed E-state index contributed by atoms with van der Waals surface area (Å²) in [5, 5.41) is 0. The zero-order valence-corrected chi connectivity index (χ0v) is 12.8. The van der Waals surface area contributed by atoms with Crippen LogP contribution in [0.4, 0.5) is 0 Å². The summed E-state index contributed by atoms with van der Waals surface area (Å²) in [5.41, 5.74) is 6.83. The van der Waals surface area contributed by atoms with Crippen molar-refractivity contribution in [3.8, 4) is 5.75 Å². The molecule has 0 spiro atoms. The molecule has 1 fully saturated rings. The van der Waals surface area contributed by atoms with Gasteiger partial charge in [-0.25, -0.2) is 0 Å². The summed E-state index contributed by atoms with van der Waals surface area (Å²) in [7, 11) is 0. The molecule has 1 unspecified atom stereocenters. The summed E-state index contributed by atoms with van der Waals surface area (Å²) < 4.78 is 5.86. The zero-order chi connectivity index (χ0) is 14.4. The summed E-state index contributed by atoms with van der Waals surface area (Å²) in [6.07, 6.45) is 3.60. The molecule has 0 amide bonds. The molecule has 3 heteroatoms. The molecule has 3 nitrogen and oxygen atoms in total. The summed E-state index contributed by atoms with van der Waals surface area (Å²) >= 11 is 0. The van der Waals surface area contributed by atoms with Crippen LogP contribution in [0.1, 0.15) is 32.3 Å². The quantitative estimate of drug-likeness (QED) is 0.832. The van der Waals surface area contributed by atoms with E-state index in [2.05, 4.69) is 43.0 Å². The van der Waals surface area contributed by atoms with E-state index in [4.69, 9.17) is 10.5 Å².